The number of rotatable bonds is 1. The minimum absolute atomic E-state index is 0.0818. The zero-order valence-electron chi connectivity index (χ0n) is 19.0. The monoisotopic (exact) mass is 402 g/mol. The smallest absolute Gasteiger partial charge is 0.136 e. The summed E-state index contributed by atoms with van der Waals surface area (Å²) in [6.07, 6.45) is 11.5. The zero-order chi connectivity index (χ0) is 20.8. The van der Waals surface area contributed by atoms with E-state index in [1.165, 1.54) is 25.7 Å². The molecule has 3 heteroatoms. The van der Waals surface area contributed by atoms with Crippen LogP contribution in [0.4, 0.5) is 0 Å². The van der Waals surface area contributed by atoms with Gasteiger partial charge in [-0.3, -0.25) is 4.79 Å². The van der Waals surface area contributed by atoms with Gasteiger partial charge in [0.05, 0.1) is 11.7 Å². The van der Waals surface area contributed by atoms with Crippen LogP contribution in [0.15, 0.2) is 0 Å². The summed E-state index contributed by atoms with van der Waals surface area (Å²) in [7, 11) is 0. The first-order valence-corrected chi connectivity index (χ1v) is 12.5. The van der Waals surface area contributed by atoms with Crippen molar-refractivity contribution in [3.05, 3.63) is 0 Å². The Bertz CT molecular complexity index is 704. The highest BCUT2D eigenvalue weighted by Gasteiger charge is 2.71. The van der Waals surface area contributed by atoms with Crippen molar-refractivity contribution in [3.8, 4) is 0 Å². The molecule has 0 radical (unpaired) electrons. The van der Waals surface area contributed by atoms with Crippen LogP contribution in [0.5, 0.6) is 0 Å². The number of carbonyl (C=O) groups is 1. The van der Waals surface area contributed by atoms with Gasteiger partial charge >= 0.3 is 0 Å². The van der Waals surface area contributed by atoms with Gasteiger partial charge in [-0.05, 0) is 98.7 Å². The Morgan fingerprint density at radius 3 is 2.38 bits per heavy atom. The second-order valence-electron chi connectivity index (χ2n) is 12.4. The minimum Gasteiger partial charge on any atom is -0.393 e. The Morgan fingerprint density at radius 2 is 1.66 bits per heavy atom. The molecule has 0 bridgehead atoms. The van der Waals surface area contributed by atoms with Crippen LogP contribution in [0.1, 0.15) is 98.3 Å². The lowest BCUT2D eigenvalue weighted by Gasteiger charge is -2.66. The number of fused-ring (bicyclic) bond motifs is 7. The van der Waals surface area contributed by atoms with E-state index in [4.69, 9.17) is 0 Å². The molecule has 0 heterocycles. The molecule has 3 nitrogen and oxygen atoms in total. The first-order valence-electron chi connectivity index (χ1n) is 12.5. The summed E-state index contributed by atoms with van der Waals surface area (Å²) in [4.78, 5) is 13.2. The SMILES string of the molecule is CC(=O)[C@@]12CCCC[C@@H]1C[C@@H]1[C@@H]3C[C@H](C)[C@@]4(O)C[C@@H](O)CC[C@]4(C)[C@H]3CC[C@@]12C. The average molecular weight is 403 g/mol. The molecule has 0 spiro atoms. The summed E-state index contributed by atoms with van der Waals surface area (Å²) in [5.41, 5.74) is -0.761. The Labute approximate surface area is 177 Å². The summed E-state index contributed by atoms with van der Waals surface area (Å²) in [5, 5.41) is 22.2. The number of carbonyl (C=O) groups excluding carboxylic acids is 1. The molecule has 0 amide bonds. The fourth-order valence-electron chi connectivity index (χ4n) is 10.5. The van der Waals surface area contributed by atoms with Crippen molar-refractivity contribution in [2.75, 3.05) is 0 Å². The summed E-state index contributed by atoms with van der Waals surface area (Å²) in [6.45, 7) is 8.96. The molecule has 0 saturated heterocycles. The maximum atomic E-state index is 13.2. The van der Waals surface area contributed by atoms with E-state index in [-0.39, 0.29) is 28.3 Å². The fraction of sp³-hybridized carbons (Fsp3) is 0.962. The molecule has 5 saturated carbocycles. The molecule has 2 N–H and O–H groups in total. The minimum atomic E-state index is -0.733. The lowest BCUT2D eigenvalue weighted by atomic mass is 9.40. The number of hydrogen-bond acceptors (Lipinski definition) is 3. The molecule has 5 fully saturated rings. The predicted octanol–water partition coefficient (Wildman–Crippen LogP) is 5.13. The van der Waals surface area contributed by atoms with Gasteiger partial charge in [-0.2, -0.15) is 0 Å². The van der Waals surface area contributed by atoms with E-state index in [1.807, 2.05) is 6.92 Å². The van der Waals surface area contributed by atoms with E-state index < -0.39 is 5.60 Å². The number of Topliss-reactive ketones (excluding diaryl/α,β-unsaturated/α-hetero) is 1. The molecule has 0 aromatic rings. The van der Waals surface area contributed by atoms with E-state index in [1.54, 1.807) is 0 Å². The van der Waals surface area contributed by atoms with Crippen molar-refractivity contribution >= 4 is 5.78 Å². The van der Waals surface area contributed by atoms with Crippen molar-refractivity contribution in [2.24, 2.45) is 45.8 Å². The van der Waals surface area contributed by atoms with Gasteiger partial charge in [0.25, 0.3) is 0 Å². The van der Waals surface area contributed by atoms with E-state index in [9.17, 15) is 15.0 Å². The van der Waals surface area contributed by atoms with Crippen LogP contribution in [0.2, 0.25) is 0 Å². The average Bonchev–Trinajstić information content (AvgIpc) is 2.95. The van der Waals surface area contributed by atoms with E-state index >= 15 is 0 Å². The summed E-state index contributed by atoms with van der Waals surface area (Å²) >= 11 is 0. The first-order chi connectivity index (χ1) is 13.6. The maximum absolute atomic E-state index is 13.2. The normalized spacial score (nSPS) is 59.2. The zero-order valence-corrected chi connectivity index (χ0v) is 19.0. The summed E-state index contributed by atoms with van der Waals surface area (Å²) in [6, 6.07) is 0. The summed E-state index contributed by atoms with van der Waals surface area (Å²) < 4.78 is 0. The molecule has 5 rings (SSSR count). The van der Waals surface area contributed by atoms with Crippen molar-refractivity contribution in [2.45, 2.75) is 110 Å². The van der Waals surface area contributed by atoms with Crippen LogP contribution in [0.3, 0.4) is 0 Å². The van der Waals surface area contributed by atoms with Crippen LogP contribution in [0.25, 0.3) is 0 Å². The third-order valence-corrected chi connectivity index (χ3v) is 11.9. The van der Waals surface area contributed by atoms with Gasteiger partial charge in [0.1, 0.15) is 5.78 Å². The Balaban J connectivity index is 1.55. The van der Waals surface area contributed by atoms with Gasteiger partial charge in [-0.1, -0.05) is 33.6 Å². The standard InChI is InChI=1S/C26H42O3/c1-16-13-20-21(24(4)11-8-19(28)15-26(16,24)29)9-12-23(3)22(20)14-18-7-5-6-10-25(18,23)17(2)27/h16,18-22,28-29H,5-15H2,1-4H3/t16-,18+,19-,20+,21-,22+,23-,24+,25-,26-/m0/s1. The number of aliphatic hydroxyl groups is 2. The molecule has 0 aromatic carbocycles. The Hall–Kier alpha value is -0.410. The van der Waals surface area contributed by atoms with Gasteiger partial charge in [0, 0.05) is 11.8 Å². The largest absolute Gasteiger partial charge is 0.393 e. The van der Waals surface area contributed by atoms with Crippen molar-refractivity contribution in [1.29, 1.82) is 0 Å². The predicted molar refractivity (Wildman–Crippen MR) is 114 cm³/mol. The topological polar surface area (TPSA) is 57.5 Å². The quantitative estimate of drug-likeness (QED) is 0.639. The molecule has 0 aliphatic heterocycles. The molecule has 10 atom stereocenters. The highest BCUT2D eigenvalue weighted by atomic mass is 16.3. The third-order valence-electron chi connectivity index (χ3n) is 11.9. The maximum Gasteiger partial charge on any atom is 0.136 e. The van der Waals surface area contributed by atoms with Crippen molar-refractivity contribution < 1.29 is 15.0 Å². The molecule has 5 aliphatic carbocycles. The van der Waals surface area contributed by atoms with E-state index in [0.717, 1.165) is 38.5 Å². The van der Waals surface area contributed by atoms with Gasteiger partial charge < -0.3 is 10.2 Å². The van der Waals surface area contributed by atoms with E-state index in [2.05, 4.69) is 20.8 Å². The highest BCUT2D eigenvalue weighted by molar-refractivity contribution is 5.84. The third kappa shape index (κ3) is 2.30. The number of ketones is 1. The lowest BCUT2D eigenvalue weighted by Crippen LogP contribution is -2.66. The Kier molecular flexibility index (Phi) is 4.46. The van der Waals surface area contributed by atoms with Gasteiger partial charge in [0.15, 0.2) is 0 Å². The van der Waals surface area contributed by atoms with Gasteiger partial charge in [0.2, 0.25) is 0 Å². The number of hydrogen-bond donors (Lipinski definition) is 2. The van der Waals surface area contributed by atoms with Gasteiger partial charge in [-0.25, -0.2) is 0 Å². The Morgan fingerprint density at radius 1 is 0.931 bits per heavy atom. The van der Waals surface area contributed by atoms with Crippen molar-refractivity contribution in [1.82, 2.24) is 0 Å². The number of aliphatic hydroxyl groups excluding tert-OH is 1. The summed E-state index contributed by atoms with van der Waals surface area (Å²) in [5.74, 6) is 3.08. The molecular formula is C26H42O3. The van der Waals surface area contributed by atoms with E-state index in [0.29, 0.717) is 35.9 Å². The molecule has 29 heavy (non-hydrogen) atoms. The molecule has 5 aliphatic rings. The lowest BCUT2D eigenvalue weighted by molar-refractivity contribution is -0.246. The van der Waals surface area contributed by atoms with Crippen LogP contribution in [-0.4, -0.2) is 27.7 Å². The van der Waals surface area contributed by atoms with Crippen LogP contribution in [0, 0.1) is 45.8 Å². The molecule has 0 aromatic heterocycles. The fourth-order valence-corrected chi connectivity index (χ4v) is 10.5. The van der Waals surface area contributed by atoms with Crippen LogP contribution >= 0.6 is 0 Å². The van der Waals surface area contributed by atoms with Crippen LogP contribution < -0.4 is 0 Å². The van der Waals surface area contributed by atoms with Crippen LogP contribution in [-0.2, 0) is 4.79 Å². The molecular weight excluding hydrogens is 360 g/mol. The molecule has 164 valence electrons. The first kappa shape index (κ1) is 20.5. The highest BCUT2D eigenvalue weighted by Crippen LogP contribution is 2.75. The second-order valence-corrected chi connectivity index (χ2v) is 12.4. The van der Waals surface area contributed by atoms with Gasteiger partial charge in [-0.15, -0.1) is 0 Å². The molecule has 0 unspecified atom stereocenters. The second kappa shape index (κ2) is 6.31. The van der Waals surface area contributed by atoms with Crippen molar-refractivity contribution in [3.63, 3.8) is 0 Å².